The van der Waals surface area contributed by atoms with Gasteiger partial charge in [0.15, 0.2) is 0 Å². The van der Waals surface area contributed by atoms with E-state index < -0.39 is 5.97 Å². The zero-order chi connectivity index (χ0) is 22.2. The van der Waals surface area contributed by atoms with Gasteiger partial charge < -0.3 is 4.74 Å². The van der Waals surface area contributed by atoms with E-state index in [0.717, 1.165) is 32.1 Å². The number of ether oxygens (including phenoxy) is 1. The molecule has 1 heterocycles. The Morgan fingerprint density at radius 3 is 2.19 bits per heavy atom. The highest BCUT2D eigenvalue weighted by Crippen LogP contribution is 2.40. The molecular formula is C26H29NO4. The number of anilines is 1. The van der Waals surface area contributed by atoms with Crippen molar-refractivity contribution in [1.29, 1.82) is 0 Å². The van der Waals surface area contributed by atoms with E-state index in [2.05, 4.69) is 20.8 Å². The number of nitrogens with zero attached hydrogens (tertiary/aromatic N) is 1. The topological polar surface area (TPSA) is 63.7 Å². The Morgan fingerprint density at radius 1 is 1.00 bits per heavy atom. The van der Waals surface area contributed by atoms with E-state index in [9.17, 15) is 14.4 Å². The number of amides is 2. The summed E-state index contributed by atoms with van der Waals surface area (Å²) in [6.45, 7) is 6.50. The monoisotopic (exact) mass is 419 g/mol. The van der Waals surface area contributed by atoms with Gasteiger partial charge in [-0.25, -0.2) is 4.79 Å². The van der Waals surface area contributed by atoms with Crippen molar-refractivity contribution in [2.24, 2.45) is 11.8 Å². The summed E-state index contributed by atoms with van der Waals surface area (Å²) >= 11 is 0. The summed E-state index contributed by atoms with van der Waals surface area (Å²) in [5.41, 5.74) is 2.00. The maximum Gasteiger partial charge on any atom is 0.343 e. The number of rotatable bonds is 5. The molecule has 5 nitrogen and oxygen atoms in total. The zero-order valence-corrected chi connectivity index (χ0v) is 18.4. The molecule has 0 aromatic heterocycles. The molecule has 2 atom stereocenters. The van der Waals surface area contributed by atoms with Gasteiger partial charge in [-0.3, -0.25) is 14.5 Å². The maximum absolute atomic E-state index is 12.8. The molecule has 2 amide bonds. The van der Waals surface area contributed by atoms with Gasteiger partial charge in [0, 0.05) is 0 Å². The summed E-state index contributed by atoms with van der Waals surface area (Å²) in [4.78, 5) is 39.7. The van der Waals surface area contributed by atoms with Gasteiger partial charge in [-0.15, -0.1) is 0 Å². The molecular weight excluding hydrogens is 390 g/mol. The Bertz CT molecular complexity index is 984. The minimum Gasteiger partial charge on any atom is -0.423 e. The van der Waals surface area contributed by atoms with E-state index in [0.29, 0.717) is 17.0 Å². The molecule has 4 rings (SSSR count). The van der Waals surface area contributed by atoms with Crippen LogP contribution in [0.3, 0.4) is 0 Å². The smallest absolute Gasteiger partial charge is 0.343 e. The zero-order valence-electron chi connectivity index (χ0n) is 18.4. The molecule has 1 saturated heterocycles. The molecule has 31 heavy (non-hydrogen) atoms. The Morgan fingerprint density at radius 2 is 1.61 bits per heavy atom. The van der Waals surface area contributed by atoms with Gasteiger partial charge in [-0.2, -0.15) is 0 Å². The van der Waals surface area contributed by atoms with E-state index in [1.165, 1.54) is 10.5 Å². The number of fused-ring (bicyclic) bond motifs is 1. The standard InChI is InChI=1S/C26H29NO4/c1-4-26(2,3)18-12-14-20(15-13-18)31-25(30)17-8-7-9-19(16-17)27-23(28)21-10-5-6-11-22(21)24(27)29/h7-9,12-16,21-22H,4-6,10-11H2,1-3H3/t21-,22+. The summed E-state index contributed by atoms with van der Waals surface area (Å²) in [6.07, 6.45) is 4.49. The van der Waals surface area contributed by atoms with Crippen LogP contribution in [0.4, 0.5) is 5.69 Å². The van der Waals surface area contributed by atoms with E-state index in [1.54, 1.807) is 36.4 Å². The van der Waals surface area contributed by atoms with Gasteiger partial charge in [-0.1, -0.05) is 51.8 Å². The van der Waals surface area contributed by atoms with Crippen LogP contribution in [-0.4, -0.2) is 17.8 Å². The molecule has 2 aromatic rings. The third kappa shape index (κ3) is 4.01. The number of benzene rings is 2. The molecule has 1 saturated carbocycles. The van der Waals surface area contributed by atoms with E-state index in [-0.39, 0.29) is 29.1 Å². The first kappa shape index (κ1) is 21.3. The predicted octanol–water partition coefficient (Wildman–Crippen LogP) is 5.27. The number of carbonyl (C=O) groups excluding carboxylic acids is 3. The van der Waals surface area contributed by atoms with E-state index >= 15 is 0 Å². The minimum atomic E-state index is -0.513. The van der Waals surface area contributed by atoms with Crippen molar-refractivity contribution < 1.29 is 19.1 Å². The fraction of sp³-hybridized carbons (Fsp3) is 0.423. The Labute approximate surface area is 183 Å². The highest BCUT2D eigenvalue weighted by molar-refractivity contribution is 6.22. The summed E-state index contributed by atoms with van der Waals surface area (Å²) in [5.74, 6) is -0.777. The van der Waals surface area contributed by atoms with E-state index in [4.69, 9.17) is 4.74 Å². The van der Waals surface area contributed by atoms with Crippen LogP contribution in [0.1, 0.15) is 68.8 Å². The summed E-state index contributed by atoms with van der Waals surface area (Å²) < 4.78 is 5.54. The van der Waals surface area contributed by atoms with Crippen molar-refractivity contribution in [2.45, 2.75) is 58.3 Å². The molecule has 0 radical (unpaired) electrons. The second-order valence-electron chi connectivity index (χ2n) is 9.21. The molecule has 0 unspecified atom stereocenters. The third-order valence-corrected chi connectivity index (χ3v) is 6.91. The first-order valence-electron chi connectivity index (χ1n) is 11.1. The van der Waals surface area contributed by atoms with Crippen molar-refractivity contribution in [1.82, 2.24) is 0 Å². The van der Waals surface area contributed by atoms with Crippen molar-refractivity contribution >= 4 is 23.5 Å². The van der Waals surface area contributed by atoms with Crippen LogP contribution in [0.15, 0.2) is 48.5 Å². The first-order valence-corrected chi connectivity index (χ1v) is 11.1. The van der Waals surface area contributed by atoms with Gasteiger partial charge in [0.25, 0.3) is 0 Å². The van der Waals surface area contributed by atoms with Crippen molar-refractivity contribution in [3.63, 3.8) is 0 Å². The highest BCUT2D eigenvalue weighted by Gasteiger charge is 2.48. The minimum absolute atomic E-state index is 0.0584. The van der Waals surface area contributed by atoms with Crippen molar-refractivity contribution in [2.75, 3.05) is 4.90 Å². The van der Waals surface area contributed by atoms with Gasteiger partial charge in [0.1, 0.15) is 5.75 Å². The summed E-state index contributed by atoms with van der Waals surface area (Å²) in [7, 11) is 0. The Kier molecular flexibility index (Phi) is 5.69. The largest absolute Gasteiger partial charge is 0.423 e. The molecule has 162 valence electrons. The highest BCUT2D eigenvalue weighted by atomic mass is 16.5. The second-order valence-corrected chi connectivity index (χ2v) is 9.21. The van der Waals surface area contributed by atoms with Crippen molar-refractivity contribution in [3.05, 3.63) is 59.7 Å². The second kappa shape index (κ2) is 8.29. The fourth-order valence-electron chi connectivity index (χ4n) is 4.53. The van der Waals surface area contributed by atoms with Crippen molar-refractivity contribution in [3.8, 4) is 5.75 Å². The van der Waals surface area contributed by atoms with E-state index in [1.807, 2.05) is 12.1 Å². The molecule has 2 aromatic carbocycles. The molecule has 5 heteroatoms. The van der Waals surface area contributed by atoms with Crippen LogP contribution in [0, 0.1) is 11.8 Å². The first-order chi connectivity index (χ1) is 14.8. The quantitative estimate of drug-likeness (QED) is 0.376. The van der Waals surface area contributed by atoms with Gasteiger partial charge >= 0.3 is 5.97 Å². The third-order valence-electron chi connectivity index (χ3n) is 6.91. The number of imide groups is 1. The van der Waals surface area contributed by atoms with Crippen LogP contribution in [-0.2, 0) is 15.0 Å². The van der Waals surface area contributed by atoms with Gasteiger partial charge in [-0.05, 0) is 60.6 Å². The van der Waals surface area contributed by atoms with Crippen LogP contribution in [0.5, 0.6) is 5.75 Å². The maximum atomic E-state index is 12.8. The lowest BCUT2D eigenvalue weighted by Crippen LogP contribution is -2.31. The van der Waals surface area contributed by atoms with Crippen LogP contribution in [0.25, 0.3) is 0 Å². The lowest BCUT2D eigenvalue weighted by atomic mass is 9.81. The molecule has 0 bridgehead atoms. The van der Waals surface area contributed by atoms with Crippen LogP contribution < -0.4 is 9.64 Å². The Balaban J connectivity index is 1.51. The van der Waals surface area contributed by atoms with Gasteiger partial charge in [0.2, 0.25) is 11.8 Å². The molecule has 0 spiro atoms. The average Bonchev–Trinajstić information content (AvgIpc) is 3.04. The normalized spacial score (nSPS) is 21.2. The van der Waals surface area contributed by atoms with Crippen LogP contribution in [0.2, 0.25) is 0 Å². The SMILES string of the molecule is CCC(C)(C)c1ccc(OC(=O)c2cccc(N3C(=O)[C@H]4CCCC[C@H]4C3=O)c2)cc1. The Hall–Kier alpha value is -2.95. The lowest BCUT2D eigenvalue weighted by Gasteiger charge is -2.23. The lowest BCUT2D eigenvalue weighted by molar-refractivity contribution is -0.122. The number of hydrogen-bond donors (Lipinski definition) is 0. The average molecular weight is 420 g/mol. The molecule has 0 N–H and O–H groups in total. The number of esters is 1. The number of carbonyl (C=O) groups is 3. The molecule has 2 fully saturated rings. The molecule has 2 aliphatic rings. The summed E-state index contributed by atoms with van der Waals surface area (Å²) in [6, 6.07) is 14.1. The molecule has 1 aliphatic heterocycles. The number of hydrogen-bond acceptors (Lipinski definition) is 4. The predicted molar refractivity (Wildman–Crippen MR) is 119 cm³/mol. The molecule has 1 aliphatic carbocycles. The van der Waals surface area contributed by atoms with Gasteiger partial charge in [0.05, 0.1) is 23.1 Å². The summed E-state index contributed by atoms with van der Waals surface area (Å²) in [5, 5.41) is 0. The van der Waals surface area contributed by atoms with Crippen LogP contribution >= 0.6 is 0 Å². The fourth-order valence-corrected chi connectivity index (χ4v) is 4.53.